The van der Waals surface area contributed by atoms with Crippen molar-refractivity contribution in [1.82, 2.24) is 14.8 Å². The van der Waals surface area contributed by atoms with Crippen molar-refractivity contribution in [3.8, 4) is 11.4 Å². The first-order valence-electron chi connectivity index (χ1n) is 6.79. The minimum atomic E-state index is -4.16. The molecule has 0 fully saturated rings. The number of aryl methyl sites for hydroxylation is 1. The zero-order valence-electron chi connectivity index (χ0n) is 12.4. The van der Waals surface area contributed by atoms with E-state index in [2.05, 4.69) is 14.9 Å². The van der Waals surface area contributed by atoms with Crippen molar-refractivity contribution in [1.29, 1.82) is 0 Å². The van der Waals surface area contributed by atoms with Gasteiger partial charge in [-0.05, 0) is 36.4 Å². The van der Waals surface area contributed by atoms with E-state index in [0.717, 1.165) is 17.7 Å². The molecule has 0 unspecified atom stereocenters. The Labute approximate surface area is 136 Å². The van der Waals surface area contributed by atoms with Crippen LogP contribution in [0.15, 0.2) is 53.7 Å². The van der Waals surface area contributed by atoms with Crippen molar-refractivity contribution in [3.05, 3.63) is 60.4 Å². The highest BCUT2D eigenvalue weighted by molar-refractivity contribution is 7.92. The second-order valence-electron chi connectivity index (χ2n) is 5.02. The largest absolute Gasteiger partial charge is 0.317 e. The van der Waals surface area contributed by atoms with Gasteiger partial charge in [-0.25, -0.2) is 17.2 Å². The lowest BCUT2D eigenvalue weighted by Gasteiger charge is -2.09. The first-order chi connectivity index (χ1) is 11.4. The summed E-state index contributed by atoms with van der Waals surface area (Å²) in [5, 5.41) is 7.71. The molecule has 0 saturated carbocycles. The first-order valence-corrected chi connectivity index (χ1v) is 8.27. The van der Waals surface area contributed by atoms with Gasteiger partial charge in [0.05, 0.1) is 0 Å². The van der Waals surface area contributed by atoms with Crippen LogP contribution in [0.5, 0.6) is 0 Å². The van der Waals surface area contributed by atoms with Crippen LogP contribution in [0.3, 0.4) is 0 Å². The van der Waals surface area contributed by atoms with Gasteiger partial charge in [0.15, 0.2) is 5.82 Å². The summed E-state index contributed by atoms with van der Waals surface area (Å²) in [5.41, 5.74) is 0.982. The zero-order valence-corrected chi connectivity index (χ0v) is 13.3. The molecule has 3 rings (SSSR count). The van der Waals surface area contributed by atoms with Crippen molar-refractivity contribution < 1.29 is 17.2 Å². The molecule has 0 amide bonds. The summed E-state index contributed by atoms with van der Waals surface area (Å²) >= 11 is 0. The van der Waals surface area contributed by atoms with Crippen molar-refractivity contribution in [2.24, 2.45) is 7.05 Å². The highest BCUT2D eigenvalue weighted by atomic mass is 32.2. The van der Waals surface area contributed by atoms with Crippen molar-refractivity contribution in [2.45, 2.75) is 4.90 Å². The normalized spacial score (nSPS) is 11.5. The van der Waals surface area contributed by atoms with Gasteiger partial charge in [-0.1, -0.05) is 0 Å². The molecular weight excluding hydrogens is 338 g/mol. The molecule has 0 aliphatic rings. The van der Waals surface area contributed by atoms with Crippen LogP contribution in [0.2, 0.25) is 0 Å². The van der Waals surface area contributed by atoms with Gasteiger partial charge in [-0.15, -0.1) is 10.2 Å². The van der Waals surface area contributed by atoms with Crippen LogP contribution >= 0.6 is 0 Å². The Morgan fingerprint density at radius 1 is 1.08 bits per heavy atom. The third-order valence-corrected chi connectivity index (χ3v) is 4.70. The van der Waals surface area contributed by atoms with E-state index in [1.807, 2.05) is 0 Å². The molecule has 0 radical (unpaired) electrons. The molecule has 0 spiro atoms. The van der Waals surface area contributed by atoms with E-state index in [-0.39, 0.29) is 5.69 Å². The van der Waals surface area contributed by atoms with Crippen molar-refractivity contribution in [2.75, 3.05) is 4.72 Å². The van der Waals surface area contributed by atoms with Gasteiger partial charge < -0.3 is 4.57 Å². The number of hydrogen-bond donors (Lipinski definition) is 1. The maximum atomic E-state index is 13.7. The summed E-state index contributed by atoms with van der Waals surface area (Å²) in [6.45, 7) is 0. The predicted molar refractivity (Wildman–Crippen MR) is 83.6 cm³/mol. The maximum Gasteiger partial charge on any atom is 0.264 e. The number of benzene rings is 2. The van der Waals surface area contributed by atoms with Gasteiger partial charge in [-0.2, -0.15) is 0 Å². The van der Waals surface area contributed by atoms with Gasteiger partial charge in [0.1, 0.15) is 22.9 Å². The number of nitrogens with zero attached hydrogens (tertiary/aromatic N) is 3. The van der Waals surface area contributed by atoms with Crippen LogP contribution < -0.4 is 4.72 Å². The highest BCUT2D eigenvalue weighted by Crippen LogP contribution is 2.22. The summed E-state index contributed by atoms with van der Waals surface area (Å²) in [6.07, 6.45) is 1.54. The number of hydrogen-bond acceptors (Lipinski definition) is 4. The first kappa shape index (κ1) is 16.1. The van der Waals surface area contributed by atoms with E-state index >= 15 is 0 Å². The van der Waals surface area contributed by atoms with E-state index in [4.69, 9.17) is 0 Å². The summed E-state index contributed by atoms with van der Waals surface area (Å²) in [4.78, 5) is -0.624. The number of anilines is 1. The van der Waals surface area contributed by atoms with E-state index in [1.165, 1.54) is 12.1 Å². The van der Waals surface area contributed by atoms with Crippen LogP contribution in [-0.4, -0.2) is 23.2 Å². The lowest BCUT2D eigenvalue weighted by atomic mass is 10.2. The molecular formula is C15H12F2N4O2S. The zero-order chi connectivity index (χ0) is 17.3. The van der Waals surface area contributed by atoms with Crippen LogP contribution in [0.25, 0.3) is 11.4 Å². The Balaban J connectivity index is 1.86. The van der Waals surface area contributed by atoms with Gasteiger partial charge in [-0.3, -0.25) is 4.72 Å². The van der Waals surface area contributed by atoms with Crippen LogP contribution in [0.1, 0.15) is 0 Å². The van der Waals surface area contributed by atoms with Gasteiger partial charge in [0, 0.05) is 24.4 Å². The number of aromatic nitrogens is 3. The average molecular weight is 350 g/mol. The molecule has 124 valence electrons. The second-order valence-corrected chi connectivity index (χ2v) is 6.67. The molecule has 0 aliphatic heterocycles. The van der Waals surface area contributed by atoms with E-state index in [9.17, 15) is 17.2 Å². The van der Waals surface area contributed by atoms with E-state index in [0.29, 0.717) is 11.9 Å². The quantitative estimate of drug-likeness (QED) is 0.784. The Bertz CT molecular complexity index is 985. The van der Waals surface area contributed by atoms with Gasteiger partial charge >= 0.3 is 0 Å². The average Bonchev–Trinajstić information content (AvgIpc) is 2.93. The molecule has 0 atom stereocenters. The summed E-state index contributed by atoms with van der Waals surface area (Å²) in [7, 11) is -2.38. The molecule has 2 aromatic carbocycles. The van der Waals surface area contributed by atoms with Crippen LogP contribution in [0.4, 0.5) is 14.5 Å². The molecule has 1 N–H and O–H groups in total. The van der Waals surface area contributed by atoms with Crippen LogP contribution in [-0.2, 0) is 17.1 Å². The van der Waals surface area contributed by atoms with Crippen molar-refractivity contribution in [3.63, 3.8) is 0 Å². The minimum Gasteiger partial charge on any atom is -0.317 e. The van der Waals surface area contributed by atoms with E-state index < -0.39 is 26.6 Å². The topological polar surface area (TPSA) is 76.9 Å². The van der Waals surface area contributed by atoms with Gasteiger partial charge in [0.2, 0.25) is 0 Å². The Morgan fingerprint density at radius 3 is 2.38 bits per heavy atom. The Hall–Kier alpha value is -2.81. The molecule has 1 aromatic heterocycles. The Kier molecular flexibility index (Phi) is 4.02. The van der Waals surface area contributed by atoms with E-state index in [1.54, 1.807) is 30.1 Å². The number of sulfonamides is 1. The molecule has 0 saturated heterocycles. The highest BCUT2D eigenvalue weighted by Gasteiger charge is 2.19. The molecule has 9 heteroatoms. The molecule has 24 heavy (non-hydrogen) atoms. The number of rotatable bonds is 4. The van der Waals surface area contributed by atoms with Gasteiger partial charge in [0.25, 0.3) is 10.0 Å². The molecule has 1 heterocycles. The molecule has 6 nitrogen and oxygen atoms in total. The predicted octanol–water partition coefficient (Wildman–Crippen LogP) is 2.56. The summed E-state index contributed by atoms with van der Waals surface area (Å²) in [6, 6.07) is 8.62. The SMILES string of the molecule is Cn1cnnc1-c1ccc(NS(=O)(=O)c2ccc(F)cc2F)cc1. The lowest BCUT2D eigenvalue weighted by Crippen LogP contribution is -2.14. The molecule has 0 aliphatic carbocycles. The second kappa shape index (κ2) is 6.00. The van der Waals surface area contributed by atoms with Crippen LogP contribution in [0, 0.1) is 11.6 Å². The molecule has 3 aromatic rings. The fraction of sp³-hybridized carbons (Fsp3) is 0.0667. The lowest BCUT2D eigenvalue weighted by molar-refractivity contribution is 0.551. The maximum absolute atomic E-state index is 13.7. The van der Waals surface area contributed by atoms with Crippen molar-refractivity contribution >= 4 is 15.7 Å². The fourth-order valence-electron chi connectivity index (χ4n) is 2.14. The standard InChI is InChI=1S/C15H12F2N4O2S/c1-21-9-18-19-15(21)10-2-5-12(6-3-10)20-24(22,23)14-7-4-11(16)8-13(14)17/h2-9,20H,1H3. The smallest absolute Gasteiger partial charge is 0.264 e. The summed E-state index contributed by atoms with van der Waals surface area (Å²) < 4.78 is 54.9. The molecule has 0 bridgehead atoms. The number of nitrogens with one attached hydrogen (secondary N) is 1. The third-order valence-electron chi connectivity index (χ3n) is 3.29. The summed E-state index contributed by atoms with van der Waals surface area (Å²) in [5.74, 6) is -1.38. The minimum absolute atomic E-state index is 0.240. The number of halogens is 2. The fourth-order valence-corrected chi connectivity index (χ4v) is 3.25. The third kappa shape index (κ3) is 3.11. The Morgan fingerprint density at radius 2 is 1.79 bits per heavy atom. The monoisotopic (exact) mass is 350 g/mol.